The number of anilines is 1. The summed E-state index contributed by atoms with van der Waals surface area (Å²) in [6, 6.07) is 0. The van der Waals surface area contributed by atoms with Gasteiger partial charge in [-0.15, -0.1) is 0 Å². The van der Waals surface area contributed by atoms with Gasteiger partial charge in [-0.3, -0.25) is 9.48 Å². The van der Waals surface area contributed by atoms with Crippen LogP contribution >= 0.6 is 0 Å². The summed E-state index contributed by atoms with van der Waals surface area (Å²) in [4.78, 5) is 11.7. The van der Waals surface area contributed by atoms with Crippen molar-refractivity contribution in [3.8, 4) is 0 Å². The van der Waals surface area contributed by atoms with Crippen LogP contribution in [0.15, 0.2) is 6.20 Å². The fourth-order valence-electron chi connectivity index (χ4n) is 1.16. The quantitative estimate of drug-likeness (QED) is 0.668. The highest BCUT2D eigenvalue weighted by Crippen LogP contribution is 2.09. The summed E-state index contributed by atoms with van der Waals surface area (Å²) in [5.41, 5.74) is 5.22. The van der Waals surface area contributed by atoms with Crippen LogP contribution in [0.4, 0.5) is 5.69 Å². The first-order valence-corrected chi connectivity index (χ1v) is 5.15. The Balaban J connectivity index is 2.63. The van der Waals surface area contributed by atoms with E-state index in [1.165, 1.54) is 4.68 Å². The van der Waals surface area contributed by atoms with Crippen LogP contribution in [0, 0.1) is 0 Å². The van der Waals surface area contributed by atoms with Gasteiger partial charge in [-0.2, -0.15) is 5.10 Å². The molecule has 0 saturated heterocycles. The molecule has 6 heteroatoms. The van der Waals surface area contributed by atoms with Gasteiger partial charge in [0.25, 0.3) is 5.91 Å². The molecule has 1 unspecified atom stereocenters. The molecule has 16 heavy (non-hydrogen) atoms. The van der Waals surface area contributed by atoms with E-state index in [2.05, 4.69) is 10.4 Å². The molecule has 0 radical (unpaired) electrons. The summed E-state index contributed by atoms with van der Waals surface area (Å²) in [6.07, 6.45) is 2.12. The minimum atomic E-state index is -0.904. The predicted molar refractivity (Wildman–Crippen MR) is 60.9 cm³/mol. The van der Waals surface area contributed by atoms with Crippen molar-refractivity contribution in [2.75, 3.05) is 12.3 Å². The summed E-state index contributed by atoms with van der Waals surface area (Å²) in [5.74, 6) is -0.369. The van der Waals surface area contributed by atoms with Gasteiger partial charge in [0.05, 0.1) is 11.3 Å². The van der Waals surface area contributed by atoms with Crippen LogP contribution in [-0.2, 0) is 7.05 Å². The molecule has 6 nitrogen and oxygen atoms in total. The highest BCUT2D eigenvalue weighted by atomic mass is 16.3. The van der Waals surface area contributed by atoms with Gasteiger partial charge >= 0.3 is 0 Å². The van der Waals surface area contributed by atoms with Crippen molar-refractivity contribution in [2.24, 2.45) is 7.05 Å². The van der Waals surface area contributed by atoms with E-state index in [-0.39, 0.29) is 18.1 Å². The van der Waals surface area contributed by atoms with Gasteiger partial charge < -0.3 is 16.2 Å². The monoisotopic (exact) mass is 226 g/mol. The Bertz CT molecular complexity index is 384. The predicted octanol–water partition coefficient (Wildman–Crippen LogP) is -0.107. The number of nitrogens with one attached hydrogen (secondary N) is 1. The molecule has 0 spiro atoms. The third-order valence-electron chi connectivity index (χ3n) is 2.46. The summed E-state index contributed by atoms with van der Waals surface area (Å²) < 4.78 is 1.47. The van der Waals surface area contributed by atoms with E-state index in [4.69, 9.17) is 5.73 Å². The van der Waals surface area contributed by atoms with E-state index in [9.17, 15) is 9.90 Å². The lowest BCUT2D eigenvalue weighted by atomic mass is 10.0. The Morgan fingerprint density at radius 3 is 2.81 bits per heavy atom. The Morgan fingerprint density at radius 2 is 2.38 bits per heavy atom. The number of hydrogen-bond acceptors (Lipinski definition) is 4. The number of nitrogen functional groups attached to an aromatic ring is 1. The highest BCUT2D eigenvalue weighted by Gasteiger charge is 2.20. The second-order valence-corrected chi connectivity index (χ2v) is 4.14. The molecular formula is C10H18N4O2. The van der Waals surface area contributed by atoms with Crippen LogP contribution in [-0.4, -0.2) is 32.9 Å². The second kappa shape index (κ2) is 4.52. The van der Waals surface area contributed by atoms with Crippen molar-refractivity contribution in [3.05, 3.63) is 11.9 Å². The lowest BCUT2D eigenvalue weighted by molar-refractivity contribution is 0.0517. The van der Waals surface area contributed by atoms with Crippen LogP contribution in [0.1, 0.15) is 30.8 Å². The molecule has 90 valence electrons. The fraction of sp³-hybridized carbons (Fsp3) is 0.600. The number of carbonyl (C=O) groups is 1. The maximum atomic E-state index is 11.7. The summed E-state index contributed by atoms with van der Waals surface area (Å²) in [5, 5.41) is 16.3. The molecule has 0 fully saturated rings. The van der Waals surface area contributed by atoms with Gasteiger partial charge in [0.1, 0.15) is 0 Å². The van der Waals surface area contributed by atoms with Crippen LogP contribution in [0.25, 0.3) is 0 Å². The maximum absolute atomic E-state index is 11.7. The van der Waals surface area contributed by atoms with Gasteiger partial charge in [0.15, 0.2) is 5.69 Å². The first-order valence-electron chi connectivity index (χ1n) is 5.15. The Labute approximate surface area is 94.4 Å². The van der Waals surface area contributed by atoms with Crippen molar-refractivity contribution < 1.29 is 9.90 Å². The first kappa shape index (κ1) is 12.5. The standard InChI is InChI=1S/C10H18N4O2/c1-4-10(2,16)6-12-9(15)8-7(11)5-14(3)13-8/h5,16H,4,6,11H2,1-3H3,(H,12,15). The van der Waals surface area contributed by atoms with E-state index in [0.717, 1.165) is 0 Å². The van der Waals surface area contributed by atoms with Crippen molar-refractivity contribution in [3.63, 3.8) is 0 Å². The maximum Gasteiger partial charge on any atom is 0.274 e. The van der Waals surface area contributed by atoms with Crippen molar-refractivity contribution in [1.82, 2.24) is 15.1 Å². The minimum absolute atomic E-state index is 0.179. The number of rotatable bonds is 4. The summed E-state index contributed by atoms with van der Waals surface area (Å²) >= 11 is 0. The molecule has 1 rings (SSSR count). The van der Waals surface area contributed by atoms with E-state index >= 15 is 0 Å². The molecule has 1 aromatic heterocycles. The van der Waals surface area contributed by atoms with Crippen molar-refractivity contribution >= 4 is 11.6 Å². The first-order chi connectivity index (χ1) is 7.35. The number of nitrogens with zero attached hydrogens (tertiary/aromatic N) is 2. The van der Waals surface area contributed by atoms with Gasteiger partial charge in [-0.1, -0.05) is 6.92 Å². The molecule has 1 amide bonds. The zero-order valence-corrected chi connectivity index (χ0v) is 9.82. The number of aliphatic hydroxyl groups is 1. The molecule has 0 bridgehead atoms. The molecule has 0 aromatic carbocycles. The molecule has 1 aromatic rings. The van der Waals surface area contributed by atoms with E-state index in [1.807, 2.05) is 6.92 Å². The number of hydrogen-bond donors (Lipinski definition) is 3. The zero-order chi connectivity index (χ0) is 12.3. The lowest BCUT2D eigenvalue weighted by Crippen LogP contribution is -2.40. The average molecular weight is 226 g/mol. The molecule has 0 saturated carbocycles. The number of nitrogens with two attached hydrogens (primary N) is 1. The number of aromatic nitrogens is 2. The Morgan fingerprint density at radius 1 is 1.75 bits per heavy atom. The third kappa shape index (κ3) is 2.96. The minimum Gasteiger partial charge on any atom is -0.396 e. The zero-order valence-electron chi connectivity index (χ0n) is 9.82. The van der Waals surface area contributed by atoms with Gasteiger partial charge in [-0.25, -0.2) is 0 Å². The molecule has 0 aliphatic heterocycles. The molecule has 4 N–H and O–H groups in total. The number of aryl methyl sites for hydroxylation is 1. The molecule has 1 atom stereocenters. The van der Waals surface area contributed by atoms with Crippen LogP contribution < -0.4 is 11.1 Å². The number of amides is 1. The topological polar surface area (TPSA) is 93.2 Å². The average Bonchev–Trinajstić information content (AvgIpc) is 2.54. The van der Waals surface area contributed by atoms with Gasteiger partial charge in [-0.05, 0) is 13.3 Å². The largest absolute Gasteiger partial charge is 0.396 e. The number of carbonyl (C=O) groups excluding carboxylic acids is 1. The van der Waals surface area contributed by atoms with E-state index in [0.29, 0.717) is 12.1 Å². The van der Waals surface area contributed by atoms with Gasteiger partial charge in [0, 0.05) is 19.8 Å². The Kier molecular flexibility index (Phi) is 3.54. The SMILES string of the molecule is CCC(C)(O)CNC(=O)c1nn(C)cc1N. The third-order valence-corrected chi connectivity index (χ3v) is 2.46. The summed E-state index contributed by atoms with van der Waals surface area (Å²) in [7, 11) is 1.69. The molecule has 1 heterocycles. The highest BCUT2D eigenvalue weighted by molar-refractivity contribution is 5.97. The van der Waals surface area contributed by atoms with E-state index in [1.54, 1.807) is 20.2 Å². The summed E-state index contributed by atoms with van der Waals surface area (Å²) in [6.45, 7) is 3.69. The second-order valence-electron chi connectivity index (χ2n) is 4.14. The fourth-order valence-corrected chi connectivity index (χ4v) is 1.16. The molecular weight excluding hydrogens is 208 g/mol. The van der Waals surface area contributed by atoms with Crippen LogP contribution in [0.3, 0.4) is 0 Å². The van der Waals surface area contributed by atoms with Crippen molar-refractivity contribution in [1.29, 1.82) is 0 Å². The Hall–Kier alpha value is -1.56. The van der Waals surface area contributed by atoms with Crippen molar-refractivity contribution in [2.45, 2.75) is 25.9 Å². The molecule has 0 aliphatic rings. The van der Waals surface area contributed by atoms with E-state index < -0.39 is 5.60 Å². The molecule has 0 aliphatic carbocycles. The van der Waals surface area contributed by atoms with Crippen LogP contribution in [0.5, 0.6) is 0 Å². The normalized spacial score (nSPS) is 14.5. The smallest absolute Gasteiger partial charge is 0.274 e. The van der Waals surface area contributed by atoms with Gasteiger partial charge in [0.2, 0.25) is 0 Å². The lowest BCUT2D eigenvalue weighted by Gasteiger charge is -2.21. The van der Waals surface area contributed by atoms with Crippen LogP contribution in [0.2, 0.25) is 0 Å².